The van der Waals surface area contributed by atoms with Crippen LogP contribution in [0.15, 0.2) is 35.4 Å². The van der Waals surface area contributed by atoms with Gasteiger partial charge in [-0.3, -0.25) is 14.6 Å². The van der Waals surface area contributed by atoms with Crippen molar-refractivity contribution in [1.29, 1.82) is 0 Å². The lowest BCUT2D eigenvalue weighted by atomic mass is 10.1. The lowest BCUT2D eigenvalue weighted by molar-refractivity contribution is 0.0828. The van der Waals surface area contributed by atoms with Gasteiger partial charge in [-0.1, -0.05) is 12.1 Å². The van der Waals surface area contributed by atoms with Gasteiger partial charge in [0.05, 0.1) is 23.1 Å². The van der Waals surface area contributed by atoms with E-state index in [9.17, 15) is 13.2 Å². The van der Waals surface area contributed by atoms with Crippen LogP contribution in [0, 0.1) is 6.92 Å². The van der Waals surface area contributed by atoms with Gasteiger partial charge in [0, 0.05) is 14.1 Å². The van der Waals surface area contributed by atoms with Gasteiger partial charge in [-0.05, 0) is 19.1 Å². The molecule has 0 saturated carbocycles. The highest BCUT2D eigenvalue weighted by Gasteiger charge is 2.21. The zero-order valence-corrected chi connectivity index (χ0v) is 12.7. The molecular formula is C13H16N4O3S. The van der Waals surface area contributed by atoms with E-state index in [1.165, 1.54) is 11.1 Å². The highest BCUT2D eigenvalue weighted by molar-refractivity contribution is 7.92. The lowest BCUT2D eigenvalue weighted by Gasteiger charge is -2.15. The monoisotopic (exact) mass is 308 g/mol. The highest BCUT2D eigenvalue weighted by Crippen LogP contribution is 2.21. The van der Waals surface area contributed by atoms with Crippen LogP contribution in [0.25, 0.3) is 0 Å². The maximum Gasteiger partial charge on any atom is 0.265 e. The Labute approximate surface area is 123 Å². The van der Waals surface area contributed by atoms with E-state index in [0.29, 0.717) is 5.69 Å². The van der Waals surface area contributed by atoms with Crippen molar-refractivity contribution < 1.29 is 13.2 Å². The number of nitrogens with zero attached hydrogens (tertiary/aromatic N) is 2. The van der Waals surface area contributed by atoms with Crippen LogP contribution < -0.4 is 4.72 Å². The van der Waals surface area contributed by atoms with Crippen LogP contribution in [-0.4, -0.2) is 43.5 Å². The van der Waals surface area contributed by atoms with Crippen molar-refractivity contribution in [2.75, 3.05) is 18.8 Å². The Bertz CT molecular complexity index is 765. The lowest BCUT2D eigenvalue weighted by Crippen LogP contribution is -2.24. The molecule has 112 valence electrons. The summed E-state index contributed by atoms with van der Waals surface area (Å²) in [5.74, 6) is -0.280. The number of aromatic amines is 1. The van der Waals surface area contributed by atoms with Crippen LogP contribution in [0.2, 0.25) is 0 Å². The highest BCUT2D eigenvalue weighted by atomic mass is 32.2. The zero-order valence-electron chi connectivity index (χ0n) is 11.9. The molecule has 1 amide bonds. The van der Waals surface area contributed by atoms with Gasteiger partial charge in [0.2, 0.25) is 0 Å². The topological polar surface area (TPSA) is 95.2 Å². The molecule has 0 aliphatic carbocycles. The van der Waals surface area contributed by atoms with Crippen LogP contribution >= 0.6 is 0 Å². The molecule has 0 radical (unpaired) electrons. The fraction of sp³-hybridized carbons (Fsp3) is 0.231. The number of anilines is 1. The predicted octanol–water partition coefficient (Wildman–Crippen LogP) is 1.22. The molecule has 0 spiro atoms. The van der Waals surface area contributed by atoms with E-state index in [2.05, 4.69) is 14.9 Å². The van der Waals surface area contributed by atoms with E-state index in [1.54, 1.807) is 45.3 Å². The number of amides is 1. The summed E-state index contributed by atoms with van der Waals surface area (Å²) < 4.78 is 27.1. The summed E-state index contributed by atoms with van der Waals surface area (Å²) in [6, 6.07) is 6.45. The standard InChI is InChI=1S/C13H16N4O3S/c1-9-12(8-14-15-9)21(19,20)16-11-7-5-4-6-10(11)13(18)17(2)3/h4-8,16H,1-3H3,(H,14,15). The smallest absolute Gasteiger partial charge is 0.265 e. The van der Waals surface area contributed by atoms with Gasteiger partial charge in [0.1, 0.15) is 4.90 Å². The Hall–Kier alpha value is -2.35. The van der Waals surface area contributed by atoms with Crippen LogP contribution in [0.3, 0.4) is 0 Å². The summed E-state index contributed by atoms with van der Waals surface area (Å²) in [7, 11) is -0.587. The summed E-state index contributed by atoms with van der Waals surface area (Å²) in [6.45, 7) is 1.61. The summed E-state index contributed by atoms with van der Waals surface area (Å²) in [4.78, 5) is 13.5. The van der Waals surface area contributed by atoms with Crippen molar-refractivity contribution in [3.05, 3.63) is 41.7 Å². The molecule has 1 aromatic heterocycles. The minimum absolute atomic E-state index is 0.0506. The second-order valence-corrected chi connectivity index (χ2v) is 6.36. The second kappa shape index (κ2) is 5.57. The summed E-state index contributed by atoms with van der Waals surface area (Å²) in [6.07, 6.45) is 1.23. The Morgan fingerprint density at radius 2 is 1.95 bits per heavy atom. The number of hydrogen-bond donors (Lipinski definition) is 2. The fourth-order valence-corrected chi connectivity index (χ4v) is 3.03. The predicted molar refractivity (Wildman–Crippen MR) is 78.6 cm³/mol. The van der Waals surface area contributed by atoms with Gasteiger partial charge in [-0.15, -0.1) is 0 Å². The van der Waals surface area contributed by atoms with Crippen molar-refractivity contribution in [3.8, 4) is 0 Å². The molecule has 1 heterocycles. The number of nitrogens with one attached hydrogen (secondary N) is 2. The van der Waals surface area contributed by atoms with Crippen LogP contribution in [0.1, 0.15) is 16.1 Å². The van der Waals surface area contributed by atoms with E-state index < -0.39 is 10.0 Å². The van der Waals surface area contributed by atoms with Crippen molar-refractivity contribution in [2.24, 2.45) is 0 Å². The van der Waals surface area contributed by atoms with Gasteiger partial charge in [0.15, 0.2) is 0 Å². The quantitative estimate of drug-likeness (QED) is 0.888. The summed E-state index contributed by atoms with van der Waals surface area (Å²) >= 11 is 0. The molecule has 2 N–H and O–H groups in total. The molecular weight excluding hydrogens is 292 g/mol. The number of H-pyrrole nitrogens is 1. The van der Waals surface area contributed by atoms with Crippen molar-refractivity contribution in [1.82, 2.24) is 15.1 Å². The molecule has 0 aliphatic rings. The first-order valence-corrected chi connectivity index (χ1v) is 7.64. The molecule has 2 rings (SSSR count). The normalized spacial score (nSPS) is 11.2. The van der Waals surface area contributed by atoms with Crippen molar-refractivity contribution in [3.63, 3.8) is 0 Å². The average molecular weight is 308 g/mol. The van der Waals surface area contributed by atoms with Crippen molar-refractivity contribution >= 4 is 21.6 Å². The number of hydrogen-bond acceptors (Lipinski definition) is 4. The number of carbonyl (C=O) groups excluding carboxylic acids is 1. The molecule has 0 fully saturated rings. The van der Waals surface area contributed by atoms with E-state index in [4.69, 9.17) is 0 Å². The van der Waals surface area contributed by atoms with E-state index in [1.807, 2.05) is 0 Å². The third-order valence-electron chi connectivity index (χ3n) is 2.88. The first kappa shape index (κ1) is 15.0. The maximum atomic E-state index is 12.3. The minimum Gasteiger partial charge on any atom is -0.345 e. The van der Waals surface area contributed by atoms with Gasteiger partial charge in [-0.2, -0.15) is 5.10 Å². The minimum atomic E-state index is -3.80. The van der Waals surface area contributed by atoms with Crippen LogP contribution in [0.5, 0.6) is 0 Å². The van der Waals surface area contributed by atoms with Gasteiger partial charge in [0.25, 0.3) is 15.9 Å². The zero-order chi connectivity index (χ0) is 15.6. The molecule has 21 heavy (non-hydrogen) atoms. The molecule has 8 heteroatoms. The van der Waals surface area contributed by atoms with Crippen LogP contribution in [-0.2, 0) is 10.0 Å². The average Bonchev–Trinajstić information content (AvgIpc) is 2.85. The maximum absolute atomic E-state index is 12.3. The summed E-state index contributed by atoms with van der Waals surface area (Å²) in [5.41, 5.74) is 0.947. The van der Waals surface area contributed by atoms with Gasteiger partial charge < -0.3 is 4.90 Å². The van der Waals surface area contributed by atoms with Crippen molar-refractivity contribution in [2.45, 2.75) is 11.8 Å². The van der Waals surface area contributed by atoms with Gasteiger partial charge in [-0.25, -0.2) is 8.42 Å². The summed E-state index contributed by atoms with van der Waals surface area (Å²) in [5, 5.41) is 6.27. The molecule has 7 nitrogen and oxygen atoms in total. The first-order valence-electron chi connectivity index (χ1n) is 6.16. The Morgan fingerprint density at radius 3 is 2.52 bits per heavy atom. The molecule has 0 atom stereocenters. The van der Waals surface area contributed by atoms with Gasteiger partial charge >= 0.3 is 0 Å². The largest absolute Gasteiger partial charge is 0.345 e. The third-order valence-corrected chi connectivity index (χ3v) is 4.36. The molecule has 0 aliphatic heterocycles. The number of aromatic nitrogens is 2. The number of sulfonamides is 1. The number of carbonyl (C=O) groups is 1. The Balaban J connectivity index is 2.41. The number of para-hydroxylation sites is 1. The fourth-order valence-electron chi connectivity index (χ4n) is 1.81. The number of rotatable bonds is 4. The van der Waals surface area contributed by atoms with E-state index in [-0.39, 0.29) is 22.1 Å². The third kappa shape index (κ3) is 3.05. The molecule has 1 aromatic carbocycles. The SMILES string of the molecule is Cc1[nH]ncc1S(=O)(=O)Nc1ccccc1C(=O)N(C)C. The number of benzene rings is 1. The Kier molecular flexibility index (Phi) is 3.99. The molecule has 0 unspecified atom stereocenters. The molecule has 0 saturated heterocycles. The molecule has 0 bridgehead atoms. The van der Waals surface area contributed by atoms with E-state index >= 15 is 0 Å². The second-order valence-electron chi connectivity index (χ2n) is 4.71. The molecule has 2 aromatic rings. The Morgan fingerprint density at radius 1 is 1.29 bits per heavy atom. The number of aryl methyl sites for hydroxylation is 1. The van der Waals surface area contributed by atoms with E-state index in [0.717, 1.165) is 0 Å². The first-order chi connectivity index (χ1) is 9.83. The van der Waals surface area contributed by atoms with Crippen LogP contribution in [0.4, 0.5) is 5.69 Å².